The molecule has 0 saturated heterocycles. The first-order valence-electron chi connectivity index (χ1n) is 3.88. The van der Waals surface area contributed by atoms with Gasteiger partial charge in [-0.3, -0.25) is 4.99 Å². The zero-order valence-electron chi connectivity index (χ0n) is 7.02. The molecule has 1 heteroatoms. The zero-order chi connectivity index (χ0) is 7.56. The minimum atomic E-state index is 0.769. The van der Waals surface area contributed by atoms with Gasteiger partial charge in [0.05, 0.1) is 0 Å². The predicted octanol–water partition coefficient (Wildman–Crippen LogP) is 2.43. The molecule has 0 aromatic carbocycles. The van der Waals surface area contributed by atoms with Gasteiger partial charge in [-0.1, -0.05) is 12.5 Å². The van der Waals surface area contributed by atoms with Crippen LogP contribution < -0.4 is 0 Å². The largest absolute Gasteiger partial charge is 0.293 e. The van der Waals surface area contributed by atoms with Crippen molar-refractivity contribution in [3.8, 4) is 0 Å². The Kier molecular flexibility index (Phi) is 2.25. The van der Waals surface area contributed by atoms with E-state index in [9.17, 15) is 0 Å². The average Bonchev–Trinajstić information content (AvgIpc) is 1.95. The van der Waals surface area contributed by atoms with Crippen molar-refractivity contribution in [2.75, 3.05) is 7.05 Å². The van der Waals surface area contributed by atoms with Gasteiger partial charge in [-0.15, -0.1) is 0 Å². The summed E-state index contributed by atoms with van der Waals surface area (Å²) in [7, 11) is 1.87. The molecule has 10 heavy (non-hydrogen) atoms. The molecule has 1 atom stereocenters. The van der Waals surface area contributed by atoms with Crippen molar-refractivity contribution >= 4 is 5.71 Å². The normalized spacial score (nSPS) is 30.5. The van der Waals surface area contributed by atoms with Crippen LogP contribution in [0, 0.1) is 5.92 Å². The lowest BCUT2D eigenvalue weighted by molar-refractivity contribution is 0.620. The monoisotopic (exact) mass is 137 g/mol. The Morgan fingerprint density at radius 2 is 2.30 bits per heavy atom. The molecule has 0 fully saturated rings. The summed E-state index contributed by atoms with van der Waals surface area (Å²) in [5, 5.41) is 0. The standard InChI is InChI=1S/C9H15N/c1-7-4-5-9(10-3)6-8(7)2/h6-7H,4-5H2,1-3H3. The fraction of sp³-hybridized carbons (Fsp3) is 0.667. The summed E-state index contributed by atoms with van der Waals surface area (Å²) in [4.78, 5) is 4.17. The molecule has 56 valence electrons. The Morgan fingerprint density at radius 1 is 1.60 bits per heavy atom. The Labute approximate surface area is 62.9 Å². The molecular weight excluding hydrogens is 122 g/mol. The Balaban J connectivity index is 2.75. The van der Waals surface area contributed by atoms with Gasteiger partial charge in [-0.25, -0.2) is 0 Å². The topological polar surface area (TPSA) is 12.4 Å². The van der Waals surface area contributed by atoms with Crippen LogP contribution in [0.5, 0.6) is 0 Å². The summed E-state index contributed by atoms with van der Waals surface area (Å²) in [6, 6.07) is 0. The molecule has 1 aliphatic carbocycles. The summed E-state index contributed by atoms with van der Waals surface area (Å²) in [6.07, 6.45) is 4.65. The van der Waals surface area contributed by atoms with Crippen molar-refractivity contribution in [3.63, 3.8) is 0 Å². The van der Waals surface area contributed by atoms with Crippen LogP contribution in [-0.4, -0.2) is 12.8 Å². The van der Waals surface area contributed by atoms with Crippen LogP contribution in [0.4, 0.5) is 0 Å². The Bertz CT molecular complexity index is 177. The number of hydrogen-bond donors (Lipinski definition) is 0. The van der Waals surface area contributed by atoms with E-state index in [1.807, 2.05) is 7.05 Å². The molecule has 0 aromatic rings. The van der Waals surface area contributed by atoms with Crippen LogP contribution in [0.2, 0.25) is 0 Å². The summed E-state index contributed by atoms with van der Waals surface area (Å²) in [5.74, 6) is 0.769. The van der Waals surface area contributed by atoms with Crippen LogP contribution in [0.25, 0.3) is 0 Å². The second-order valence-corrected chi connectivity index (χ2v) is 3.04. The molecular formula is C9H15N. The molecule has 0 saturated carbocycles. The number of aliphatic imine (C=N–C) groups is 1. The molecule has 0 bridgehead atoms. The van der Waals surface area contributed by atoms with E-state index in [2.05, 4.69) is 24.9 Å². The Morgan fingerprint density at radius 3 is 2.80 bits per heavy atom. The van der Waals surface area contributed by atoms with Crippen molar-refractivity contribution in [1.82, 2.24) is 0 Å². The van der Waals surface area contributed by atoms with Gasteiger partial charge < -0.3 is 0 Å². The summed E-state index contributed by atoms with van der Waals surface area (Å²) in [6.45, 7) is 4.47. The highest BCUT2D eigenvalue weighted by molar-refractivity contribution is 5.96. The summed E-state index contributed by atoms with van der Waals surface area (Å²) < 4.78 is 0. The van der Waals surface area contributed by atoms with Gasteiger partial charge in [0.15, 0.2) is 0 Å². The molecule has 0 radical (unpaired) electrons. The maximum atomic E-state index is 4.17. The predicted molar refractivity (Wildman–Crippen MR) is 45.5 cm³/mol. The highest BCUT2D eigenvalue weighted by Gasteiger charge is 2.11. The maximum absolute atomic E-state index is 4.17. The van der Waals surface area contributed by atoms with Gasteiger partial charge in [-0.05, 0) is 31.8 Å². The van der Waals surface area contributed by atoms with Crippen LogP contribution in [-0.2, 0) is 0 Å². The van der Waals surface area contributed by atoms with Crippen LogP contribution in [0.15, 0.2) is 16.6 Å². The van der Waals surface area contributed by atoms with Crippen molar-refractivity contribution in [2.45, 2.75) is 26.7 Å². The smallest absolute Gasteiger partial charge is 0.0344 e. The summed E-state index contributed by atoms with van der Waals surface area (Å²) in [5.41, 5.74) is 2.74. The zero-order valence-corrected chi connectivity index (χ0v) is 7.02. The van der Waals surface area contributed by atoms with Gasteiger partial charge >= 0.3 is 0 Å². The van der Waals surface area contributed by atoms with Gasteiger partial charge in [0.2, 0.25) is 0 Å². The quantitative estimate of drug-likeness (QED) is 0.486. The minimum absolute atomic E-state index is 0.769. The minimum Gasteiger partial charge on any atom is -0.293 e. The van der Waals surface area contributed by atoms with E-state index in [0.717, 1.165) is 12.3 Å². The number of hydrogen-bond acceptors (Lipinski definition) is 1. The van der Waals surface area contributed by atoms with E-state index in [1.54, 1.807) is 0 Å². The van der Waals surface area contributed by atoms with Gasteiger partial charge in [0.25, 0.3) is 0 Å². The molecule has 0 heterocycles. The molecule has 1 nitrogen and oxygen atoms in total. The molecule has 0 amide bonds. The third-order valence-electron chi connectivity index (χ3n) is 2.29. The fourth-order valence-corrected chi connectivity index (χ4v) is 1.25. The maximum Gasteiger partial charge on any atom is 0.0344 e. The van der Waals surface area contributed by atoms with Crippen molar-refractivity contribution in [2.24, 2.45) is 10.9 Å². The highest BCUT2D eigenvalue weighted by Crippen LogP contribution is 2.21. The van der Waals surface area contributed by atoms with Gasteiger partial charge in [0, 0.05) is 12.8 Å². The van der Waals surface area contributed by atoms with Crippen molar-refractivity contribution in [1.29, 1.82) is 0 Å². The average molecular weight is 137 g/mol. The van der Waals surface area contributed by atoms with E-state index >= 15 is 0 Å². The third kappa shape index (κ3) is 1.47. The highest BCUT2D eigenvalue weighted by atomic mass is 14.7. The molecule has 0 aromatic heterocycles. The van der Waals surface area contributed by atoms with Crippen molar-refractivity contribution in [3.05, 3.63) is 11.6 Å². The first-order chi connectivity index (χ1) is 4.74. The fourth-order valence-electron chi connectivity index (χ4n) is 1.25. The van der Waals surface area contributed by atoms with Crippen LogP contribution in [0.1, 0.15) is 26.7 Å². The first-order valence-corrected chi connectivity index (χ1v) is 3.88. The van der Waals surface area contributed by atoms with E-state index in [0.29, 0.717) is 0 Å². The molecule has 0 aliphatic heterocycles. The molecule has 1 rings (SSSR count). The SMILES string of the molecule is CN=C1C=C(C)C(C)CC1. The molecule has 1 unspecified atom stereocenters. The van der Waals surface area contributed by atoms with Gasteiger partial charge in [-0.2, -0.15) is 0 Å². The summed E-state index contributed by atoms with van der Waals surface area (Å²) >= 11 is 0. The van der Waals surface area contributed by atoms with Gasteiger partial charge in [0.1, 0.15) is 0 Å². The van der Waals surface area contributed by atoms with Crippen LogP contribution >= 0.6 is 0 Å². The first kappa shape index (κ1) is 7.52. The van der Waals surface area contributed by atoms with E-state index < -0.39 is 0 Å². The molecule has 0 N–H and O–H groups in total. The lowest BCUT2D eigenvalue weighted by Gasteiger charge is -2.17. The van der Waals surface area contributed by atoms with Crippen molar-refractivity contribution < 1.29 is 0 Å². The third-order valence-corrected chi connectivity index (χ3v) is 2.29. The van der Waals surface area contributed by atoms with Crippen LogP contribution in [0.3, 0.4) is 0 Å². The van der Waals surface area contributed by atoms with E-state index in [4.69, 9.17) is 0 Å². The molecule has 0 spiro atoms. The number of rotatable bonds is 0. The van der Waals surface area contributed by atoms with E-state index in [-0.39, 0.29) is 0 Å². The molecule has 1 aliphatic rings. The Hall–Kier alpha value is -0.590. The number of allylic oxidation sites excluding steroid dienone is 2. The lowest BCUT2D eigenvalue weighted by atomic mass is 9.89. The number of nitrogens with zero attached hydrogens (tertiary/aromatic N) is 1. The lowest BCUT2D eigenvalue weighted by Crippen LogP contribution is -2.09. The van der Waals surface area contributed by atoms with E-state index in [1.165, 1.54) is 17.7 Å². The second-order valence-electron chi connectivity index (χ2n) is 3.04. The second kappa shape index (κ2) is 3.00.